The minimum absolute atomic E-state index is 0.0361. The number of rotatable bonds is 7. The monoisotopic (exact) mass is 264 g/mol. The zero-order chi connectivity index (χ0) is 14.3. The third kappa shape index (κ3) is 4.56. The Morgan fingerprint density at radius 2 is 2.05 bits per heavy atom. The maximum Gasteiger partial charge on any atom is 0.258 e. The third-order valence-corrected chi connectivity index (χ3v) is 3.21. The average molecular weight is 264 g/mol. The van der Waals surface area contributed by atoms with Gasteiger partial charge in [-0.15, -0.1) is 0 Å². The molecular weight excluding hydrogens is 240 g/mol. The molecule has 0 aliphatic carbocycles. The van der Waals surface area contributed by atoms with Crippen molar-refractivity contribution in [2.75, 3.05) is 6.61 Å². The van der Waals surface area contributed by atoms with E-state index < -0.39 is 0 Å². The van der Waals surface area contributed by atoms with E-state index in [0.717, 1.165) is 29.7 Å². The van der Waals surface area contributed by atoms with Crippen molar-refractivity contribution in [3.8, 4) is 5.75 Å². The number of nitrogens with one attached hydrogen (secondary N) is 1. The standard InChI is InChI=1S/C15H24N2O2/c1-4-13(5-2)17-14(18)10-19-15-11(3)7-6-8-12(15)9-16/h6-8,13H,4-5,9-10,16H2,1-3H3,(H,17,18). The summed E-state index contributed by atoms with van der Waals surface area (Å²) >= 11 is 0. The van der Waals surface area contributed by atoms with Gasteiger partial charge in [-0.2, -0.15) is 0 Å². The van der Waals surface area contributed by atoms with Crippen LogP contribution in [-0.4, -0.2) is 18.6 Å². The molecule has 1 aromatic rings. The molecule has 1 amide bonds. The molecule has 0 aliphatic heterocycles. The van der Waals surface area contributed by atoms with Crippen molar-refractivity contribution in [2.45, 2.75) is 46.2 Å². The second-order valence-electron chi connectivity index (χ2n) is 4.64. The van der Waals surface area contributed by atoms with Gasteiger partial charge < -0.3 is 15.8 Å². The minimum Gasteiger partial charge on any atom is -0.483 e. The van der Waals surface area contributed by atoms with Gasteiger partial charge in [0.2, 0.25) is 0 Å². The fourth-order valence-corrected chi connectivity index (χ4v) is 1.98. The number of hydrogen-bond donors (Lipinski definition) is 2. The maximum absolute atomic E-state index is 11.8. The van der Waals surface area contributed by atoms with E-state index >= 15 is 0 Å². The van der Waals surface area contributed by atoms with Crippen molar-refractivity contribution in [1.82, 2.24) is 5.32 Å². The summed E-state index contributed by atoms with van der Waals surface area (Å²) in [6.45, 7) is 6.51. The van der Waals surface area contributed by atoms with Gasteiger partial charge in [0.15, 0.2) is 6.61 Å². The summed E-state index contributed by atoms with van der Waals surface area (Å²) in [5.74, 6) is 0.643. The van der Waals surface area contributed by atoms with Crippen LogP contribution in [-0.2, 0) is 11.3 Å². The van der Waals surface area contributed by atoms with Gasteiger partial charge in [0.05, 0.1) is 0 Å². The highest BCUT2D eigenvalue weighted by Gasteiger charge is 2.11. The van der Waals surface area contributed by atoms with E-state index in [2.05, 4.69) is 19.2 Å². The summed E-state index contributed by atoms with van der Waals surface area (Å²) < 4.78 is 5.62. The van der Waals surface area contributed by atoms with Crippen LogP contribution in [0.25, 0.3) is 0 Å². The second-order valence-corrected chi connectivity index (χ2v) is 4.64. The Morgan fingerprint density at radius 3 is 2.63 bits per heavy atom. The van der Waals surface area contributed by atoms with E-state index in [-0.39, 0.29) is 18.6 Å². The quantitative estimate of drug-likeness (QED) is 0.793. The minimum atomic E-state index is -0.0834. The van der Waals surface area contributed by atoms with E-state index in [9.17, 15) is 4.79 Å². The zero-order valence-electron chi connectivity index (χ0n) is 12.0. The molecule has 19 heavy (non-hydrogen) atoms. The zero-order valence-corrected chi connectivity index (χ0v) is 12.0. The van der Waals surface area contributed by atoms with Crippen molar-refractivity contribution in [3.63, 3.8) is 0 Å². The van der Waals surface area contributed by atoms with Crippen LogP contribution in [0.3, 0.4) is 0 Å². The molecule has 0 radical (unpaired) electrons. The topological polar surface area (TPSA) is 64.3 Å². The fourth-order valence-electron chi connectivity index (χ4n) is 1.98. The summed E-state index contributed by atoms with van der Waals surface area (Å²) in [5.41, 5.74) is 7.59. The first kappa shape index (κ1) is 15.5. The van der Waals surface area contributed by atoms with Crippen molar-refractivity contribution >= 4 is 5.91 Å². The van der Waals surface area contributed by atoms with Gasteiger partial charge in [0.1, 0.15) is 5.75 Å². The first-order valence-electron chi connectivity index (χ1n) is 6.83. The number of aryl methyl sites for hydroxylation is 1. The van der Waals surface area contributed by atoms with Gasteiger partial charge in [-0.05, 0) is 25.3 Å². The number of benzene rings is 1. The smallest absolute Gasteiger partial charge is 0.258 e. The van der Waals surface area contributed by atoms with Crippen LogP contribution in [0.4, 0.5) is 0 Å². The van der Waals surface area contributed by atoms with Crippen molar-refractivity contribution < 1.29 is 9.53 Å². The Balaban J connectivity index is 2.59. The molecule has 0 aromatic heterocycles. The van der Waals surface area contributed by atoms with Gasteiger partial charge in [-0.3, -0.25) is 4.79 Å². The Bertz CT molecular complexity index is 415. The van der Waals surface area contributed by atoms with Crippen LogP contribution in [0.2, 0.25) is 0 Å². The molecule has 0 saturated carbocycles. The lowest BCUT2D eigenvalue weighted by Crippen LogP contribution is -2.37. The van der Waals surface area contributed by atoms with E-state index in [4.69, 9.17) is 10.5 Å². The van der Waals surface area contributed by atoms with Crippen molar-refractivity contribution in [2.24, 2.45) is 5.73 Å². The lowest BCUT2D eigenvalue weighted by atomic mass is 10.1. The molecule has 0 fully saturated rings. The highest BCUT2D eigenvalue weighted by atomic mass is 16.5. The Kier molecular flexibility index (Phi) is 6.36. The van der Waals surface area contributed by atoms with Crippen LogP contribution in [0, 0.1) is 6.92 Å². The van der Waals surface area contributed by atoms with Crippen LogP contribution >= 0.6 is 0 Å². The molecule has 0 unspecified atom stereocenters. The number of para-hydroxylation sites is 1. The van der Waals surface area contributed by atoms with E-state index in [1.807, 2.05) is 25.1 Å². The van der Waals surface area contributed by atoms with E-state index in [1.54, 1.807) is 0 Å². The predicted octanol–water partition coefficient (Wildman–Crippen LogP) is 2.14. The first-order chi connectivity index (χ1) is 9.12. The Labute approximate surface area is 115 Å². The number of nitrogens with two attached hydrogens (primary N) is 1. The molecule has 0 atom stereocenters. The molecule has 4 heteroatoms. The van der Waals surface area contributed by atoms with Gasteiger partial charge in [0.25, 0.3) is 5.91 Å². The lowest BCUT2D eigenvalue weighted by molar-refractivity contribution is -0.123. The van der Waals surface area contributed by atoms with Gasteiger partial charge in [0, 0.05) is 18.2 Å². The predicted molar refractivity (Wildman–Crippen MR) is 77.1 cm³/mol. The molecular formula is C15H24N2O2. The summed E-state index contributed by atoms with van der Waals surface area (Å²) in [4.78, 5) is 11.8. The van der Waals surface area contributed by atoms with E-state index in [0.29, 0.717) is 6.54 Å². The molecule has 1 rings (SSSR count). The first-order valence-corrected chi connectivity index (χ1v) is 6.83. The molecule has 0 saturated heterocycles. The third-order valence-electron chi connectivity index (χ3n) is 3.21. The van der Waals surface area contributed by atoms with Crippen LogP contribution < -0.4 is 15.8 Å². The highest BCUT2D eigenvalue weighted by molar-refractivity contribution is 5.77. The SMILES string of the molecule is CCC(CC)NC(=O)COc1c(C)cccc1CN. The van der Waals surface area contributed by atoms with Crippen LogP contribution in [0.1, 0.15) is 37.8 Å². The molecule has 0 spiro atoms. The Morgan fingerprint density at radius 1 is 1.37 bits per heavy atom. The second kappa shape index (κ2) is 7.79. The maximum atomic E-state index is 11.8. The van der Waals surface area contributed by atoms with Gasteiger partial charge in [-0.25, -0.2) is 0 Å². The molecule has 106 valence electrons. The van der Waals surface area contributed by atoms with Gasteiger partial charge >= 0.3 is 0 Å². The van der Waals surface area contributed by atoms with Crippen molar-refractivity contribution in [3.05, 3.63) is 29.3 Å². The number of amides is 1. The van der Waals surface area contributed by atoms with Crippen molar-refractivity contribution in [1.29, 1.82) is 0 Å². The highest BCUT2D eigenvalue weighted by Crippen LogP contribution is 2.22. The number of ether oxygens (including phenoxy) is 1. The molecule has 3 N–H and O–H groups in total. The molecule has 4 nitrogen and oxygen atoms in total. The summed E-state index contributed by atoms with van der Waals surface area (Å²) in [6, 6.07) is 6.03. The molecule has 0 bridgehead atoms. The normalized spacial score (nSPS) is 10.6. The number of carbonyl (C=O) groups excluding carboxylic acids is 1. The summed E-state index contributed by atoms with van der Waals surface area (Å²) in [5, 5.41) is 2.95. The summed E-state index contributed by atoms with van der Waals surface area (Å²) in [6.07, 6.45) is 1.86. The molecule has 0 heterocycles. The molecule has 1 aromatic carbocycles. The largest absolute Gasteiger partial charge is 0.483 e. The van der Waals surface area contributed by atoms with Crippen LogP contribution in [0.15, 0.2) is 18.2 Å². The fraction of sp³-hybridized carbons (Fsp3) is 0.533. The van der Waals surface area contributed by atoms with Gasteiger partial charge in [-0.1, -0.05) is 32.0 Å². The van der Waals surface area contributed by atoms with E-state index in [1.165, 1.54) is 0 Å². The number of hydrogen-bond acceptors (Lipinski definition) is 3. The summed E-state index contributed by atoms with van der Waals surface area (Å²) in [7, 11) is 0. The number of carbonyl (C=O) groups is 1. The average Bonchev–Trinajstić information content (AvgIpc) is 2.43. The molecule has 0 aliphatic rings. The van der Waals surface area contributed by atoms with Crippen LogP contribution in [0.5, 0.6) is 5.75 Å². The lowest BCUT2D eigenvalue weighted by Gasteiger charge is -2.16. The Hall–Kier alpha value is -1.55.